The molecule has 0 bridgehead atoms. The van der Waals surface area contributed by atoms with Gasteiger partial charge in [-0.1, -0.05) is 22.0 Å². The van der Waals surface area contributed by atoms with Crippen molar-refractivity contribution in [2.24, 2.45) is 0 Å². The fourth-order valence-corrected chi connectivity index (χ4v) is 3.67. The van der Waals surface area contributed by atoms with Crippen LogP contribution in [0, 0.1) is 0 Å². The number of carboxylic acid groups (broad SMARTS) is 2. The number of phenols is 1. The first-order valence-electron chi connectivity index (χ1n) is 9.82. The molecule has 0 spiro atoms. The monoisotopic (exact) mass is 510 g/mol. The number of ether oxygens (including phenoxy) is 2. The van der Waals surface area contributed by atoms with Crippen LogP contribution in [0.2, 0.25) is 0 Å². The largest absolute Gasteiger partial charge is 0.508 e. The summed E-state index contributed by atoms with van der Waals surface area (Å²) >= 11 is 3.47. The zero-order chi connectivity index (χ0) is 23.7. The third-order valence-corrected chi connectivity index (χ3v) is 5.43. The molecule has 0 aliphatic carbocycles. The minimum Gasteiger partial charge on any atom is -0.508 e. The lowest BCUT2D eigenvalue weighted by atomic mass is 10.1. The smallest absolute Gasteiger partial charge is 0.414 e. The molecule has 1 saturated heterocycles. The minimum atomic E-state index is -1.82. The molecule has 3 rings (SSSR count). The maximum atomic E-state index is 10.0. The molecule has 3 N–H and O–H groups in total. The number of methoxy groups -OCH3 is 2. The molecule has 0 saturated carbocycles. The Morgan fingerprint density at radius 1 is 0.875 bits per heavy atom. The van der Waals surface area contributed by atoms with Crippen LogP contribution >= 0.6 is 15.9 Å². The van der Waals surface area contributed by atoms with E-state index in [0.29, 0.717) is 5.75 Å². The van der Waals surface area contributed by atoms with Gasteiger partial charge in [-0.25, -0.2) is 9.59 Å². The molecule has 9 nitrogen and oxygen atoms in total. The molecule has 1 aliphatic heterocycles. The van der Waals surface area contributed by atoms with Crippen LogP contribution in [0.4, 0.5) is 0 Å². The van der Waals surface area contributed by atoms with E-state index in [2.05, 4.69) is 31.8 Å². The molecule has 32 heavy (non-hydrogen) atoms. The lowest BCUT2D eigenvalue weighted by molar-refractivity contribution is -0.159. The van der Waals surface area contributed by atoms with Gasteiger partial charge in [0.05, 0.1) is 14.2 Å². The van der Waals surface area contributed by atoms with Crippen LogP contribution < -0.4 is 9.47 Å². The van der Waals surface area contributed by atoms with Gasteiger partial charge in [0.15, 0.2) is 11.5 Å². The summed E-state index contributed by atoms with van der Waals surface area (Å²) in [6.07, 6.45) is 0. The Balaban J connectivity index is 0.000000534. The summed E-state index contributed by atoms with van der Waals surface area (Å²) in [5.41, 5.74) is 2.19. The van der Waals surface area contributed by atoms with E-state index >= 15 is 0 Å². The van der Waals surface area contributed by atoms with Gasteiger partial charge in [-0.3, -0.25) is 9.80 Å². The van der Waals surface area contributed by atoms with Crippen molar-refractivity contribution in [1.29, 1.82) is 0 Å². The molecule has 1 fully saturated rings. The molecule has 0 radical (unpaired) electrons. The first-order valence-corrected chi connectivity index (χ1v) is 10.6. The molecule has 0 atom stereocenters. The number of carbonyl (C=O) groups is 2. The van der Waals surface area contributed by atoms with Gasteiger partial charge in [-0.2, -0.15) is 0 Å². The predicted octanol–water partition coefficient (Wildman–Crippen LogP) is 2.65. The predicted molar refractivity (Wildman–Crippen MR) is 121 cm³/mol. The summed E-state index contributed by atoms with van der Waals surface area (Å²) < 4.78 is 11.7. The second-order valence-corrected chi connectivity index (χ2v) is 8.04. The topological polar surface area (TPSA) is 120 Å². The Kier molecular flexibility index (Phi) is 9.76. The van der Waals surface area contributed by atoms with Gasteiger partial charge in [0.25, 0.3) is 0 Å². The number of halogens is 1. The highest BCUT2D eigenvalue weighted by atomic mass is 79.9. The highest BCUT2D eigenvalue weighted by Crippen LogP contribution is 2.28. The van der Waals surface area contributed by atoms with Crippen molar-refractivity contribution in [2.75, 3.05) is 40.4 Å². The Morgan fingerprint density at radius 2 is 1.44 bits per heavy atom. The number of benzene rings is 2. The number of nitrogens with zero attached hydrogens (tertiary/aromatic N) is 2. The summed E-state index contributed by atoms with van der Waals surface area (Å²) in [5, 5.41) is 24.8. The van der Waals surface area contributed by atoms with Crippen molar-refractivity contribution in [2.45, 2.75) is 13.1 Å². The summed E-state index contributed by atoms with van der Waals surface area (Å²) in [7, 11) is 3.32. The van der Waals surface area contributed by atoms with Crippen molar-refractivity contribution in [3.63, 3.8) is 0 Å². The molecule has 1 heterocycles. The van der Waals surface area contributed by atoms with Gasteiger partial charge in [0.2, 0.25) is 0 Å². The maximum absolute atomic E-state index is 10.0. The molecule has 0 aromatic heterocycles. The zero-order valence-electron chi connectivity index (χ0n) is 18.0. The second kappa shape index (κ2) is 12.3. The van der Waals surface area contributed by atoms with Crippen molar-refractivity contribution in [1.82, 2.24) is 9.80 Å². The van der Waals surface area contributed by atoms with Gasteiger partial charge in [-0.15, -0.1) is 0 Å². The van der Waals surface area contributed by atoms with Crippen LogP contribution in [-0.2, 0) is 22.7 Å². The summed E-state index contributed by atoms with van der Waals surface area (Å²) in [5.74, 6) is -1.75. The van der Waals surface area contributed by atoms with Gasteiger partial charge in [-0.05, 0) is 35.9 Å². The van der Waals surface area contributed by atoms with Crippen LogP contribution in [0.1, 0.15) is 11.1 Å². The fraction of sp³-hybridized carbons (Fsp3) is 0.364. The lowest BCUT2D eigenvalue weighted by Gasteiger charge is -2.35. The van der Waals surface area contributed by atoms with Crippen LogP contribution in [0.15, 0.2) is 40.9 Å². The molecule has 174 valence electrons. The van der Waals surface area contributed by atoms with E-state index in [9.17, 15) is 5.11 Å². The SMILES string of the molecule is COc1ccc(CN2CCN(Cc3cc(Br)ccc3O)CC2)cc1OC.O=C(O)C(=O)O. The second-order valence-electron chi connectivity index (χ2n) is 7.12. The Labute approximate surface area is 194 Å². The highest BCUT2D eigenvalue weighted by molar-refractivity contribution is 9.10. The van der Waals surface area contributed by atoms with Crippen molar-refractivity contribution in [3.8, 4) is 17.2 Å². The minimum absolute atomic E-state index is 0.362. The molecule has 0 unspecified atom stereocenters. The zero-order valence-corrected chi connectivity index (χ0v) is 19.5. The van der Waals surface area contributed by atoms with Crippen molar-refractivity contribution in [3.05, 3.63) is 52.0 Å². The molecular weight excluding hydrogens is 484 g/mol. The Bertz CT molecular complexity index is 918. The summed E-state index contributed by atoms with van der Waals surface area (Å²) in [6.45, 7) is 5.65. The Morgan fingerprint density at radius 3 is 1.97 bits per heavy atom. The highest BCUT2D eigenvalue weighted by Gasteiger charge is 2.19. The fourth-order valence-electron chi connectivity index (χ4n) is 3.26. The van der Waals surface area contributed by atoms with E-state index in [1.165, 1.54) is 5.56 Å². The van der Waals surface area contributed by atoms with E-state index in [1.54, 1.807) is 20.3 Å². The van der Waals surface area contributed by atoms with Gasteiger partial charge >= 0.3 is 11.9 Å². The average Bonchev–Trinajstić information content (AvgIpc) is 2.78. The quantitative estimate of drug-likeness (QED) is 0.503. The summed E-state index contributed by atoms with van der Waals surface area (Å²) in [4.78, 5) is 23.0. The number of aromatic hydroxyl groups is 1. The number of rotatable bonds is 6. The molecule has 2 aromatic rings. The number of aliphatic carboxylic acids is 2. The van der Waals surface area contributed by atoms with Crippen LogP contribution in [-0.4, -0.2) is 77.5 Å². The van der Waals surface area contributed by atoms with Crippen molar-refractivity contribution >= 4 is 27.9 Å². The average molecular weight is 511 g/mol. The van der Waals surface area contributed by atoms with Gasteiger partial charge in [0.1, 0.15) is 5.75 Å². The van der Waals surface area contributed by atoms with E-state index in [0.717, 1.165) is 60.8 Å². The third-order valence-electron chi connectivity index (χ3n) is 4.94. The van der Waals surface area contributed by atoms with Crippen LogP contribution in [0.3, 0.4) is 0 Å². The third kappa shape index (κ3) is 7.70. The number of piperazine rings is 1. The van der Waals surface area contributed by atoms with E-state index in [1.807, 2.05) is 24.3 Å². The van der Waals surface area contributed by atoms with Crippen LogP contribution in [0.5, 0.6) is 17.2 Å². The maximum Gasteiger partial charge on any atom is 0.414 e. The lowest BCUT2D eigenvalue weighted by Crippen LogP contribution is -2.45. The standard InChI is InChI=1S/C20H25BrN2O3.C2H2O4/c1-25-19-6-3-15(11-20(19)26-2)13-22-7-9-23(10-8-22)14-16-12-17(21)4-5-18(16)24;3-1(4)2(5)6/h3-6,11-12,24H,7-10,13-14H2,1-2H3;(H,3,4)(H,5,6). The summed E-state index contributed by atoms with van der Waals surface area (Å²) in [6, 6.07) is 11.7. The number of hydrogen-bond donors (Lipinski definition) is 3. The molecule has 0 amide bonds. The normalized spacial score (nSPS) is 14.2. The molecule has 2 aromatic carbocycles. The van der Waals surface area contributed by atoms with Crippen molar-refractivity contribution < 1.29 is 34.4 Å². The van der Waals surface area contributed by atoms with E-state index in [4.69, 9.17) is 29.3 Å². The van der Waals surface area contributed by atoms with Crippen LogP contribution in [0.25, 0.3) is 0 Å². The Hall–Kier alpha value is -2.82. The van der Waals surface area contributed by atoms with Gasteiger partial charge in [0, 0.05) is 49.3 Å². The van der Waals surface area contributed by atoms with E-state index < -0.39 is 11.9 Å². The molecule has 10 heteroatoms. The first kappa shape index (κ1) is 25.4. The number of hydrogen-bond acceptors (Lipinski definition) is 7. The van der Waals surface area contributed by atoms with E-state index in [-0.39, 0.29) is 0 Å². The van der Waals surface area contributed by atoms with Gasteiger partial charge < -0.3 is 24.8 Å². The molecular formula is C22H27BrN2O7. The number of phenolic OH excluding ortho intramolecular Hbond substituents is 1. The number of carboxylic acids is 2. The molecule has 1 aliphatic rings. The first-order chi connectivity index (χ1) is 15.2.